The summed E-state index contributed by atoms with van der Waals surface area (Å²) in [5, 5.41) is 10.6. The van der Waals surface area contributed by atoms with E-state index in [9.17, 15) is 43.2 Å². The van der Waals surface area contributed by atoms with Gasteiger partial charge in [-0.3, -0.25) is 37.3 Å². The van der Waals surface area contributed by atoms with Crippen LogP contribution in [-0.2, 0) is 65.4 Å². The number of phosphoric ester groups is 2. The fourth-order valence-electron chi connectivity index (χ4n) is 11.0. The Balaban J connectivity index is 5.37. The molecule has 0 aliphatic carbocycles. The molecule has 0 heterocycles. The molecule has 0 aromatic rings. The van der Waals surface area contributed by atoms with Crippen LogP contribution >= 0.6 is 15.6 Å². The minimum absolute atomic E-state index is 0.0855. The molecule has 0 rings (SSSR count). The van der Waals surface area contributed by atoms with Crippen molar-refractivity contribution in [3.05, 3.63) is 97.2 Å². The van der Waals surface area contributed by atoms with Crippen LogP contribution in [0.1, 0.15) is 349 Å². The van der Waals surface area contributed by atoms with Gasteiger partial charge in [-0.25, -0.2) is 9.13 Å². The molecule has 0 radical (unpaired) electrons. The molecule has 0 fully saturated rings. The van der Waals surface area contributed by atoms with Crippen LogP contribution < -0.4 is 0 Å². The van der Waals surface area contributed by atoms with Gasteiger partial charge in [0.2, 0.25) is 0 Å². The summed E-state index contributed by atoms with van der Waals surface area (Å²) >= 11 is 0. The van der Waals surface area contributed by atoms with Crippen LogP contribution in [0.5, 0.6) is 0 Å². The van der Waals surface area contributed by atoms with Crippen molar-refractivity contribution in [1.82, 2.24) is 0 Å². The third-order valence-electron chi connectivity index (χ3n) is 17.1. The van der Waals surface area contributed by atoms with Crippen LogP contribution in [0.4, 0.5) is 0 Å². The SMILES string of the molecule is CC/C=C\C/C=C\C/C=C\C/C=C\C/C=C\CCCC(=O)OCC(COP(=O)(O)OCC(O)COP(=O)(O)OCC(COC(=O)CCCCCCCCC/C=C\C/C=C\C/C=C\CC)OC(=O)CCCCCCCCCCCCCCCCC)OC(=O)CCCCCCCCCCCCCCC. The zero-order chi connectivity index (χ0) is 74.6. The number of ether oxygens (including phenoxy) is 4. The number of hydrogen-bond donors (Lipinski definition) is 3. The monoisotopic (exact) mass is 1480 g/mol. The zero-order valence-corrected chi connectivity index (χ0v) is 66.3. The molecule has 102 heavy (non-hydrogen) atoms. The number of aliphatic hydroxyl groups is 1. The molecule has 5 unspecified atom stereocenters. The van der Waals surface area contributed by atoms with Gasteiger partial charge in [0.05, 0.1) is 26.4 Å². The van der Waals surface area contributed by atoms with E-state index in [2.05, 4.69) is 113 Å². The Morgan fingerprint density at radius 2 is 0.520 bits per heavy atom. The number of carbonyl (C=O) groups is 4. The van der Waals surface area contributed by atoms with Crippen molar-refractivity contribution in [2.75, 3.05) is 39.6 Å². The first-order chi connectivity index (χ1) is 49.7. The minimum atomic E-state index is -4.98. The second-order valence-electron chi connectivity index (χ2n) is 27.0. The Hall–Kier alpha value is -4.02. The van der Waals surface area contributed by atoms with E-state index in [4.69, 9.17) is 37.0 Å². The third kappa shape index (κ3) is 74.3. The molecule has 0 bridgehead atoms. The number of unbranched alkanes of at least 4 members (excludes halogenated alkanes) is 34. The predicted octanol–water partition coefficient (Wildman–Crippen LogP) is 23.6. The summed E-state index contributed by atoms with van der Waals surface area (Å²) in [6.45, 7) is 4.64. The average molecular weight is 1480 g/mol. The van der Waals surface area contributed by atoms with E-state index in [1.54, 1.807) is 0 Å². The summed E-state index contributed by atoms with van der Waals surface area (Å²) in [4.78, 5) is 73.0. The molecule has 590 valence electrons. The Morgan fingerprint density at radius 1 is 0.284 bits per heavy atom. The molecule has 5 atom stereocenters. The van der Waals surface area contributed by atoms with E-state index >= 15 is 0 Å². The highest BCUT2D eigenvalue weighted by atomic mass is 31.2. The highest BCUT2D eigenvalue weighted by molar-refractivity contribution is 7.47. The molecule has 0 saturated heterocycles. The fraction of sp³-hybridized carbons (Fsp3) is 0.759. The van der Waals surface area contributed by atoms with Crippen LogP contribution in [0, 0.1) is 0 Å². The Bertz CT molecular complexity index is 2310. The van der Waals surface area contributed by atoms with Gasteiger partial charge in [0, 0.05) is 25.7 Å². The van der Waals surface area contributed by atoms with Crippen molar-refractivity contribution < 1.29 is 80.2 Å². The van der Waals surface area contributed by atoms with Crippen molar-refractivity contribution in [2.45, 2.75) is 367 Å². The van der Waals surface area contributed by atoms with E-state index in [1.165, 1.54) is 116 Å². The number of hydrogen-bond acceptors (Lipinski definition) is 15. The number of rotatable bonds is 76. The summed E-state index contributed by atoms with van der Waals surface area (Å²) in [7, 11) is -9.96. The molecular weight excluding hydrogens is 1330 g/mol. The van der Waals surface area contributed by atoms with E-state index in [-0.39, 0.29) is 25.7 Å². The molecule has 0 saturated carbocycles. The van der Waals surface area contributed by atoms with Crippen molar-refractivity contribution in [2.24, 2.45) is 0 Å². The van der Waals surface area contributed by atoms with Crippen LogP contribution in [0.2, 0.25) is 0 Å². The van der Waals surface area contributed by atoms with Crippen LogP contribution in [0.15, 0.2) is 97.2 Å². The quantitative estimate of drug-likeness (QED) is 0.0169. The largest absolute Gasteiger partial charge is 0.472 e. The Morgan fingerprint density at radius 3 is 0.824 bits per heavy atom. The van der Waals surface area contributed by atoms with E-state index in [1.807, 2.05) is 12.2 Å². The molecule has 0 spiro atoms. The molecule has 0 aliphatic rings. The van der Waals surface area contributed by atoms with Gasteiger partial charge >= 0.3 is 39.5 Å². The minimum Gasteiger partial charge on any atom is -0.462 e. The maximum Gasteiger partial charge on any atom is 0.472 e. The number of esters is 4. The highest BCUT2D eigenvalue weighted by Crippen LogP contribution is 2.45. The van der Waals surface area contributed by atoms with Gasteiger partial charge in [-0.2, -0.15) is 0 Å². The lowest BCUT2D eigenvalue weighted by Crippen LogP contribution is -2.30. The third-order valence-corrected chi connectivity index (χ3v) is 19.0. The van der Waals surface area contributed by atoms with Crippen molar-refractivity contribution in [3.8, 4) is 0 Å². The first kappa shape index (κ1) is 98.0. The smallest absolute Gasteiger partial charge is 0.462 e. The average Bonchev–Trinajstić information content (AvgIpc) is 0.908. The second kappa shape index (κ2) is 75.2. The molecule has 0 aromatic carbocycles. The summed E-state index contributed by atoms with van der Waals surface area (Å²) in [6.07, 6.45) is 79.6. The number of aliphatic hydroxyl groups excluding tert-OH is 1. The standard InChI is InChI=1S/C83H146O17P2/c1-5-9-13-17-21-25-29-33-36-38-41-44-47-51-55-59-63-67-80(85)93-73-78(99-82(87)69-65-61-57-53-49-43-32-28-24-20-16-12-8-4)75-97-101(89,90)95-71-77(84)72-96-102(91,92)98-76-79(100-83(88)70-66-62-58-54-50-46-40-35-31-27-23-19-15-11-7-3)74-94-81(86)68-64-60-56-52-48-45-42-39-37-34-30-26-22-18-14-10-6-2/h9-10,13-14,21-22,25-26,33-34,36-37,41,44,51,55,77-79,84H,5-8,11-12,15-20,23-24,27-32,35,38-40,42-43,45-50,52-54,56-76H2,1-4H3,(H,89,90)(H,91,92)/b13-9-,14-10-,25-21-,26-22-,36-33-,37-34-,44-41-,55-51-. The van der Waals surface area contributed by atoms with Crippen molar-refractivity contribution in [1.29, 1.82) is 0 Å². The van der Waals surface area contributed by atoms with Crippen molar-refractivity contribution in [3.63, 3.8) is 0 Å². The molecule has 0 aliphatic heterocycles. The van der Waals surface area contributed by atoms with Gasteiger partial charge in [0.15, 0.2) is 12.2 Å². The first-order valence-corrected chi connectivity index (χ1v) is 43.5. The van der Waals surface area contributed by atoms with Gasteiger partial charge in [0.25, 0.3) is 0 Å². The van der Waals surface area contributed by atoms with Gasteiger partial charge in [0.1, 0.15) is 19.3 Å². The van der Waals surface area contributed by atoms with Crippen molar-refractivity contribution >= 4 is 39.5 Å². The highest BCUT2D eigenvalue weighted by Gasteiger charge is 2.30. The predicted molar refractivity (Wildman–Crippen MR) is 418 cm³/mol. The fourth-order valence-corrected chi connectivity index (χ4v) is 12.6. The molecule has 0 amide bonds. The topological polar surface area (TPSA) is 237 Å². The normalized spacial score (nSPS) is 14.4. The lowest BCUT2D eigenvalue weighted by Gasteiger charge is -2.21. The van der Waals surface area contributed by atoms with E-state index in [0.717, 1.165) is 148 Å². The van der Waals surface area contributed by atoms with Gasteiger partial charge in [-0.1, -0.05) is 324 Å². The maximum absolute atomic E-state index is 13.1. The second-order valence-corrected chi connectivity index (χ2v) is 29.9. The van der Waals surface area contributed by atoms with E-state index < -0.39 is 97.5 Å². The first-order valence-electron chi connectivity index (χ1n) is 40.5. The number of phosphoric acid groups is 2. The molecule has 3 N–H and O–H groups in total. The lowest BCUT2D eigenvalue weighted by molar-refractivity contribution is -0.161. The van der Waals surface area contributed by atoms with Crippen LogP contribution in [0.3, 0.4) is 0 Å². The molecule has 17 nitrogen and oxygen atoms in total. The van der Waals surface area contributed by atoms with Crippen LogP contribution in [0.25, 0.3) is 0 Å². The summed E-state index contributed by atoms with van der Waals surface area (Å²) in [5.74, 6) is -2.23. The summed E-state index contributed by atoms with van der Waals surface area (Å²) in [5.41, 5.74) is 0. The molecular formula is C83H146O17P2. The zero-order valence-electron chi connectivity index (χ0n) is 64.5. The van der Waals surface area contributed by atoms with Gasteiger partial charge in [-0.15, -0.1) is 0 Å². The van der Waals surface area contributed by atoms with Gasteiger partial charge in [-0.05, 0) is 96.3 Å². The number of carbonyl (C=O) groups excluding carboxylic acids is 4. The summed E-state index contributed by atoms with van der Waals surface area (Å²) in [6, 6.07) is 0. The Kier molecular flexibility index (Phi) is 72.3. The maximum atomic E-state index is 13.1. The van der Waals surface area contributed by atoms with Gasteiger partial charge < -0.3 is 33.8 Å². The lowest BCUT2D eigenvalue weighted by atomic mass is 10.0. The molecule has 19 heteroatoms. The van der Waals surface area contributed by atoms with E-state index in [0.29, 0.717) is 32.1 Å². The number of allylic oxidation sites excluding steroid dienone is 16. The Labute approximate surface area is 620 Å². The molecule has 0 aromatic heterocycles. The summed E-state index contributed by atoms with van der Waals surface area (Å²) < 4.78 is 68.6. The van der Waals surface area contributed by atoms with Crippen LogP contribution in [-0.4, -0.2) is 96.7 Å².